The van der Waals surface area contributed by atoms with Crippen LogP contribution in [0.5, 0.6) is 0 Å². The molecule has 0 bridgehead atoms. The fraction of sp³-hybridized carbons (Fsp3) is 0.364. The van der Waals surface area contributed by atoms with Gasteiger partial charge in [0.2, 0.25) is 0 Å². The Kier molecular flexibility index (Phi) is 4.14. The second-order valence-electron chi connectivity index (χ2n) is 3.39. The fourth-order valence-electron chi connectivity index (χ4n) is 1.32. The highest BCUT2D eigenvalue weighted by Crippen LogP contribution is 2.23. The van der Waals surface area contributed by atoms with Crippen molar-refractivity contribution in [3.05, 3.63) is 34.3 Å². The average Bonchev–Trinajstić information content (AvgIpc) is 2.14. The van der Waals surface area contributed by atoms with E-state index in [0.717, 1.165) is 4.47 Å². The van der Waals surface area contributed by atoms with Crippen molar-refractivity contribution in [3.8, 4) is 0 Å². The molecule has 3 heteroatoms. The molecule has 1 N–H and O–H groups in total. The molecule has 1 unspecified atom stereocenters. The van der Waals surface area contributed by atoms with Crippen molar-refractivity contribution in [3.63, 3.8) is 0 Å². The zero-order valence-corrected chi connectivity index (χ0v) is 9.62. The monoisotopic (exact) mass is 256 g/mol. The van der Waals surface area contributed by atoms with Crippen LogP contribution in [0.1, 0.15) is 31.2 Å². The van der Waals surface area contributed by atoms with Crippen LogP contribution in [0.25, 0.3) is 0 Å². The summed E-state index contributed by atoms with van der Waals surface area (Å²) in [6, 6.07) is 7.99. The largest absolute Gasteiger partial charge is 0.481 e. The van der Waals surface area contributed by atoms with Crippen LogP contribution in [0, 0.1) is 0 Å². The summed E-state index contributed by atoms with van der Waals surface area (Å²) >= 11 is 3.39. The molecule has 1 rings (SSSR count). The maximum atomic E-state index is 10.4. The van der Waals surface area contributed by atoms with Gasteiger partial charge in [-0.05, 0) is 30.0 Å². The summed E-state index contributed by atoms with van der Waals surface area (Å²) in [7, 11) is 0. The molecule has 0 aromatic heterocycles. The lowest BCUT2D eigenvalue weighted by Gasteiger charge is -2.10. The van der Waals surface area contributed by atoms with E-state index in [1.807, 2.05) is 31.2 Å². The van der Waals surface area contributed by atoms with Gasteiger partial charge in [0.25, 0.3) is 0 Å². The molecule has 0 aliphatic rings. The molecule has 0 aliphatic carbocycles. The molecule has 1 aromatic carbocycles. The third-order valence-electron chi connectivity index (χ3n) is 2.21. The summed E-state index contributed by atoms with van der Waals surface area (Å²) in [6.45, 7) is 2.05. The summed E-state index contributed by atoms with van der Waals surface area (Å²) in [5.41, 5.74) is 1.18. The summed E-state index contributed by atoms with van der Waals surface area (Å²) < 4.78 is 1.04. The zero-order chi connectivity index (χ0) is 10.6. The summed E-state index contributed by atoms with van der Waals surface area (Å²) in [6.07, 6.45) is 0.916. The highest BCUT2D eigenvalue weighted by atomic mass is 79.9. The second kappa shape index (κ2) is 5.15. The van der Waals surface area contributed by atoms with E-state index in [-0.39, 0.29) is 6.42 Å². The van der Waals surface area contributed by atoms with Gasteiger partial charge < -0.3 is 5.11 Å². The molecular weight excluding hydrogens is 244 g/mol. The van der Waals surface area contributed by atoms with Gasteiger partial charge in [0.1, 0.15) is 0 Å². The molecule has 0 spiro atoms. The predicted molar refractivity (Wildman–Crippen MR) is 59.4 cm³/mol. The number of carbonyl (C=O) groups is 1. The van der Waals surface area contributed by atoms with Gasteiger partial charge in [-0.3, -0.25) is 4.79 Å². The Labute approximate surface area is 92.1 Å². The van der Waals surface area contributed by atoms with E-state index >= 15 is 0 Å². The zero-order valence-electron chi connectivity index (χ0n) is 8.03. The molecule has 0 radical (unpaired) electrons. The van der Waals surface area contributed by atoms with Gasteiger partial charge in [-0.2, -0.15) is 0 Å². The van der Waals surface area contributed by atoms with E-state index in [1.165, 1.54) is 5.56 Å². The lowest BCUT2D eigenvalue weighted by atomic mass is 9.96. The highest BCUT2D eigenvalue weighted by molar-refractivity contribution is 9.10. The summed E-state index contributed by atoms with van der Waals surface area (Å²) in [5.74, 6) is -0.435. The van der Waals surface area contributed by atoms with E-state index in [9.17, 15) is 4.79 Å². The van der Waals surface area contributed by atoms with Gasteiger partial charge in [0.05, 0.1) is 0 Å². The Balaban J connectivity index is 2.60. The number of hydrogen-bond donors (Lipinski definition) is 1. The van der Waals surface area contributed by atoms with Crippen molar-refractivity contribution in [1.29, 1.82) is 0 Å². The predicted octanol–water partition coefficient (Wildman–Crippen LogP) is 3.42. The van der Waals surface area contributed by atoms with Gasteiger partial charge in [-0.1, -0.05) is 35.0 Å². The van der Waals surface area contributed by atoms with Crippen LogP contribution in [0.15, 0.2) is 28.7 Å². The molecule has 1 atom stereocenters. The van der Waals surface area contributed by atoms with Crippen LogP contribution in [0.4, 0.5) is 0 Å². The maximum absolute atomic E-state index is 10.4. The van der Waals surface area contributed by atoms with Crippen molar-refractivity contribution in [2.75, 3.05) is 0 Å². The molecule has 76 valence electrons. The van der Waals surface area contributed by atoms with Crippen molar-refractivity contribution in [2.45, 2.75) is 25.7 Å². The van der Waals surface area contributed by atoms with E-state index in [4.69, 9.17) is 5.11 Å². The van der Waals surface area contributed by atoms with Crippen LogP contribution in [0.3, 0.4) is 0 Å². The van der Waals surface area contributed by atoms with Gasteiger partial charge in [0, 0.05) is 10.9 Å². The maximum Gasteiger partial charge on any atom is 0.303 e. The van der Waals surface area contributed by atoms with Crippen LogP contribution in [0.2, 0.25) is 0 Å². The van der Waals surface area contributed by atoms with E-state index in [1.54, 1.807) is 0 Å². The van der Waals surface area contributed by atoms with Crippen LogP contribution in [-0.2, 0) is 4.79 Å². The Bertz CT molecular complexity index is 323. The molecule has 0 amide bonds. The number of carboxylic acid groups (broad SMARTS) is 1. The van der Waals surface area contributed by atoms with E-state index < -0.39 is 5.97 Å². The molecule has 0 saturated carbocycles. The molecule has 0 aliphatic heterocycles. The summed E-state index contributed by atoms with van der Waals surface area (Å²) in [4.78, 5) is 10.4. The molecule has 0 heterocycles. The number of hydrogen-bond acceptors (Lipinski definition) is 1. The van der Waals surface area contributed by atoms with Gasteiger partial charge in [-0.25, -0.2) is 0 Å². The lowest BCUT2D eigenvalue weighted by molar-refractivity contribution is -0.137. The number of carboxylic acids is 1. The molecule has 14 heavy (non-hydrogen) atoms. The molecule has 1 aromatic rings. The van der Waals surface area contributed by atoms with Crippen molar-refractivity contribution < 1.29 is 9.90 Å². The SMILES string of the molecule is CC(CCC(=O)O)c1cccc(Br)c1. The van der Waals surface area contributed by atoms with Crippen molar-refractivity contribution >= 4 is 21.9 Å². The minimum atomic E-state index is -0.730. The first kappa shape index (κ1) is 11.2. The lowest BCUT2D eigenvalue weighted by Crippen LogP contribution is -1.99. The number of rotatable bonds is 4. The summed E-state index contributed by atoms with van der Waals surface area (Å²) in [5, 5.41) is 8.55. The average molecular weight is 257 g/mol. The van der Waals surface area contributed by atoms with Crippen molar-refractivity contribution in [2.24, 2.45) is 0 Å². The number of aliphatic carboxylic acids is 1. The van der Waals surface area contributed by atoms with Crippen LogP contribution >= 0.6 is 15.9 Å². The topological polar surface area (TPSA) is 37.3 Å². The van der Waals surface area contributed by atoms with Gasteiger partial charge in [0.15, 0.2) is 0 Å². The first-order chi connectivity index (χ1) is 6.59. The Morgan fingerprint density at radius 1 is 1.57 bits per heavy atom. The fourth-order valence-corrected chi connectivity index (χ4v) is 1.74. The van der Waals surface area contributed by atoms with Gasteiger partial charge in [-0.15, -0.1) is 0 Å². The first-order valence-electron chi connectivity index (χ1n) is 4.57. The third kappa shape index (κ3) is 3.50. The second-order valence-corrected chi connectivity index (χ2v) is 4.30. The minimum absolute atomic E-state index is 0.230. The standard InChI is InChI=1S/C11H13BrO2/c1-8(5-6-11(13)14)9-3-2-4-10(12)7-9/h2-4,7-8H,5-6H2,1H3,(H,13,14). The molecular formula is C11H13BrO2. The number of benzene rings is 1. The van der Waals surface area contributed by atoms with Gasteiger partial charge >= 0.3 is 5.97 Å². The number of halogens is 1. The Morgan fingerprint density at radius 3 is 2.86 bits per heavy atom. The minimum Gasteiger partial charge on any atom is -0.481 e. The first-order valence-corrected chi connectivity index (χ1v) is 5.36. The van der Waals surface area contributed by atoms with Crippen LogP contribution < -0.4 is 0 Å². The molecule has 0 fully saturated rings. The smallest absolute Gasteiger partial charge is 0.303 e. The molecule has 2 nitrogen and oxygen atoms in total. The van der Waals surface area contributed by atoms with E-state index in [2.05, 4.69) is 15.9 Å². The van der Waals surface area contributed by atoms with E-state index in [0.29, 0.717) is 12.3 Å². The normalized spacial score (nSPS) is 12.4. The van der Waals surface area contributed by atoms with Crippen LogP contribution in [-0.4, -0.2) is 11.1 Å². The third-order valence-corrected chi connectivity index (χ3v) is 2.70. The Morgan fingerprint density at radius 2 is 2.29 bits per heavy atom. The van der Waals surface area contributed by atoms with Crippen molar-refractivity contribution in [1.82, 2.24) is 0 Å². The molecule has 0 saturated heterocycles. The Hall–Kier alpha value is -0.830. The quantitative estimate of drug-likeness (QED) is 0.897. The highest BCUT2D eigenvalue weighted by Gasteiger charge is 2.07.